The minimum atomic E-state index is -0.860. The normalized spacial score (nSPS) is 14.5. The van der Waals surface area contributed by atoms with E-state index in [4.69, 9.17) is 4.74 Å². The fraction of sp³-hybridized carbons (Fsp3) is 1.00. The van der Waals surface area contributed by atoms with Gasteiger partial charge in [0.05, 0.1) is 6.61 Å². The second kappa shape index (κ2) is 6.57. The van der Waals surface area contributed by atoms with E-state index in [1.54, 1.807) is 7.11 Å². The molecule has 1 N–H and O–H groups in total. The lowest BCUT2D eigenvalue weighted by Crippen LogP contribution is -2.30. The lowest BCUT2D eigenvalue weighted by atomic mass is 10.2. The van der Waals surface area contributed by atoms with Crippen molar-refractivity contribution in [1.82, 2.24) is 5.32 Å². The van der Waals surface area contributed by atoms with Gasteiger partial charge in [0, 0.05) is 21.7 Å². The van der Waals surface area contributed by atoms with E-state index in [9.17, 15) is 0 Å². The molecule has 0 aromatic rings. The molecule has 0 radical (unpaired) electrons. The number of nitrogens with one attached hydrogen (secondary N) is 1. The van der Waals surface area contributed by atoms with Crippen LogP contribution in [0.4, 0.5) is 0 Å². The molecular weight excluding hydrogens is 178 g/mol. The van der Waals surface area contributed by atoms with Gasteiger partial charge in [-0.1, -0.05) is 32.6 Å². The number of hydrogen-bond donors (Lipinski definition) is 1. The molecule has 3 heteroatoms. The molecule has 0 aliphatic carbocycles. The molecule has 0 aromatic heterocycles. The molecular formula is C10H25NOSi. The monoisotopic (exact) mass is 203 g/mol. The Morgan fingerprint density at radius 1 is 1.31 bits per heavy atom. The van der Waals surface area contributed by atoms with Crippen LogP contribution in [0.3, 0.4) is 0 Å². The van der Waals surface area contributed by atoms with Crippen molar-refractivity contribution < 1.29 is 4.74 Å². The van der Waals surface area contributed by atoms with Crippen LogP contribution >= 0.6 is 0 Å². The third-order valence-corrected chi connectivity index (χ3v) is 3.86. The van der Waals surface area contributed by atoms with E-state index in [-0.39, 0.29) is 0 Å². The first-order chi connectivity index (χ1) is 5.95. The maximum atomic E-state index is 4.97. The summed E-state index contributed by atoms with van der Waals surface area (Å²) in [4.78, 5) is 0. The predicted molar refractivity (Wildman–Crippen MR) is 62.1 cm³/mol. The Labute approximate surface area is 84.1 Å². The van der Waals surface area contributed by atoms with Gasteiger partial charge in [0.25, 0.3) is 0 Å². The molecule has 1 atom stereocenters. The molecule has 2 nitrogen and oxygen atoms in total. The van der Waals surface area contributed by atoms with E-state index in [0.717, 1.165) is 25.6 Å². The maximum Gasteiger partial charge on any atom is 0.0587 e. The van der Waals surface area contributed by atoms with E-state index < -0.39 is 8.07 Å². The van der Waals surface area contributed by atoms with E-state index in [2.05, 4.69) is 31.9 Å². The van der Waals surface area contributed by atoms with Crippen molar-refractivity contribution >= 4 is 8.07 Å². The molecule has 0 aliphatic rings. The summed E-state index contributed by atoms with van der Waals surface area (Å²) in [6.07, 6.45) is 0. The molecule has 0 rings (SSSR count). The van der Waals surface area contributed by atoms with Gasteiger partial charge in [-0.25, -0.2) is 0 Å². The van der Waals surface area contributed by atoms with Crippen molar-refractivity contribution in [3.05, 3.63) is 0 Å². The number of methoxy groups -OCH3 is 1. The predicted octanol–water partition coefficient (Wildman–Crippen LogP) is 2.20. The second-order valence-electron chi connectivity index (χ2n) is 5.07. The summed E-state index contributed by atoms with van der Waals surface area (Å²) in [6, 6.07) is 1.41. The standard InChI is InChI=1S/C10H25NOSi/c1-10(9-13(3,4)5)8-11-6-7-12-2/h10-11H,6-9H2,1-5H3. The molecule has 80 valence electrons. The highest BCUT2D eigenvalue weighted by molar-refractivity contribution is 6.76. The third kappa shape index (κ3) is 10.1. The summed E-state index contributed by atoms with van der Waals surface area (Å²) >= 11 is 0. The summed E-state index contributed by atoms with van der Waals surface area (Å²) in [6.45, 7) is 12.5. The minimum absolute atomic E-state index is 0.809. The van der Waals surface area contributed by atoms with Crippen molar-refractivity contribution in [2.75, 3.05) is 26.8 Å². The van der Waals surface area contributed by atoms with Crippen LogP contribution in [-0.4, -0.2) is 34.9 Å². The average molecular weight is 203 g/mol. The van der Waals surface area contributed by atoms with Crippen molar-refractivity contribution in [1.29, 1.82) is 0 Å². The highest BCUT2D eigenvalue weighted by Crippen LogP contribution is 2.15. The fourth-order valence-corrected chi connectivity index (χ4v) is 3.88. The van der Waals surface area contributed by atoms with Crippen molar-refractivity contribution in [2.24, 2.45) is 5.92 Å². The highest BCUT2D eigenvalue weighted by atomic mass is 28.3. The number of rotatable bonds is 7. The number of hydrogen-bond acceptors (Lipinski definition) is 2. The summed E-state index contributed by atoms with van der Waals surface area (Å²) in [5.74, 6) is 0.809. The largest absolute Gasteiger partial charge is 0.383 e. The topological polar surface area (TPSA) is 21.3 Å². The molecule has 0 amide bonds. The van der Waals surface area contributed by atoms with Gasteiger partial charge in [0.2, 0.25) is 0 Å². The first-order valence-electron chi connectivity index (χ1n) is 5.15. The Balaban J connectivity index is 3.35. The maximum absolute atomic E-state index is 4.97. The van der Waals surface area contributed by atoms with Crippen LogP contribution < -0.4 is 5.32 Å². The zero-order valence-corrected chi connectivity index (χ0v) is 10.8. The Morgan fingerprint density at radius 2 is 1.92 bits per heavy atom. The molecule has 0 bridgehead atoms. The second-order valence-corrected chi connectivity index (χ2v) is 10.6. The fourth-order valence-electron chi connectivity index (χ4n) is 1.64. The highest BCUT2D eigenvalue weighted by Gasteiger charge is 2.16. The van der Waals surface area contributed by atoms with Gasteiger partial charge in [-0.3, -0.25) is 0 Å². The summed E-state index contributed by atoms with van der Waals surface area (Å²) in [5.41, 5.74) is 0. The van der Waals surface area contributed by atoms with Gasteiger partial charge in [0.15, 0.2) is 0 Å². The van der Waals surface area contributed by atoms with Crippen LogP contribution in [0.5, 0.6) is 0 Å². The quantitative estimate of drug-likeness (QED) is 0.506. The van der Waals surface area contributed by atoms with E-state index in [1.165, 1.54) is 6.04 Å². The van der Waals surface area contributed by atoms with Gasteiger partial charge < -0.3 is 10.1 Å². The average Bonchev–Trinajstić information content (AvgIpc) is 1.94. The Morgan fingerprint density at radius 3 is 2.38 bits per heavy atom. The Kier molecular flexibility index (Phi) is 6.64. The van der Waals surface area contributed by atoms with Gasteiger partial charge >= 0.3 is 0 Å². The van der Waals surface area contributed by atoms with Gasteiger partial charge in [-0.05, 0) is 12.5 Å². The molecule has 0 heterocycles. The van der Waals surface area contributed by atoms with Crippen molar-refractivity contribution in [2.45, 2.75) is 32.6 Å². The van der Waals surface area contributed by atoms with E-state index >= 15 is 0 Å². The molecule has 0 aliphatic heterocycles. The summed E-state index contributed by atoms with van der Waals surface area (Å²) in [7, 11) is 0.883. The zero-order valence-electron chi connectivity index (χ0n) is 9.81. The van der Waals surface area contributed by atoms with Crippen molar-refractivity contribution in [3.8, 4) is 0 Å². The molecule has 0 spiro atoms. The van der Waals surface area contributed by atoms with Gasteiger partial charge in [-0.15, -0.1) is 0 Å². The Bertz CT molecular complexity index is 123. The van der Waals surface area contributed by atoms with Crippen LogP contribution in [0.15, 0.2) is 0 Å². The SMILES string of the molecule is COCCNCC(C)C[Si](C)(C)C. The van der Waals surface area contributed by atoms with Crippen LogP contribution in [0.2, 0.25) is 25.7 Å². The van der Waals surface area contributed by atoms with Crippen LogP contribution in [-0.2, 0) is 4.74 Å². The Hall–Kier alpha value is 0.137. The molecule has 0 aromatic carbocycles. The first-order valence-corrected chi connectivity index (χ1v) is 8.86. The molecule has 0 saturated carbocycles. The summed E-state index contributed by atoms with van der Waals surface area (Å²) < 4.78 is 4.97. The lowest BCUT2D eigenvalue weighted by molar-refractivity contribution is 0.198. The third-order valence-electron chi connectivity index (χ3n) is 1.94. The van der Waals surface area contributed by atoms with E-state index in [1.807, 2.05) is 0 Å². The molecule has 1 unspecified atom stereocenters. The van der Waals surface area contributed by atoms with Gasteiger partial charge in [0.1, 0.15) is 0 Å². The van der Waals surface area contributed by atoms with Gasteiger partial charge in [-0.2, -0.15) is 0 Å². The summed E-state index contributed by atoms with van der Waals surface area (Å²) in [5, 5.41) is 3.41. The first kappa shape index (κ1) is 13.1. The lowest BCUT2D eigenvalue weighted by Gasteiger charge is -2.21. The van der Waals surface area contributed by atoms with Crippen LogP contribution in [0, 0.1) is 5.92 Å². The van der Waals surface area contributed by atoms with Crippen LogP contribution in [0.25, 0.3) is 0 Å². The smallest absolute Gasteiger partial charge is 0.0587 e. The molecule has 13 heavy (non-hydrogen) atoms. The number of ether oxygens (including phenoxy) is 1. The van der Waals surface area contributed by atoms with Crippen molar-refractivity contribution in [3.63, 3.8) is 0 Å². The zero-order chi connectivity index (χ0) is 10.3. The molecule has 0 fully saturated rings. The van der Waals surface area contributed by atoms with Crippen LogP contribution in [0.1, 0.15) is 6.92 Å². The van der Waals surface area contributed by atoms with E-state index in [0.29, 0.717) is 0 Å². The minimum Gasteiger partial charge on any atom is -0.383 e. The molecule has 0 saturated heterocycles.